The van der Waals surface area contributed by atoms with Crippen LogP contribution in [0.5, 0.6) is 0 Å². The van der Waals surface area contributed by atoms with Crippen LogP contribution >= 0.6 is 0 Å². The number of aryl methyl sites for hydroxylation is 1. The molecule has 1 atom stereocenters. The van der Waals surface area contributed by atoms with Crippen LogP contribution in [0.25, 0.3) is 0 Å². The number of rotatable bonds is 10. The molecule has 170 valence electrons. The fourth-order valence-electron chi connectivity index (χ4n) is 3.80. The quantitative estimate of drug-likeness (QED) is 0.559. The molecule has 0 aliphatic carbocycles. The molecule has 3 rings (SSSR count). The topological polar surface area (TPSA) is 78.5 Å². The lowest BCUT2D eigenvalue weighted by Gasteiger charge is -2.16. The molecule has 6 heteroatoms. The van der Waals surface area contributed by atoms with Crippen LogP contribution in [-0.2, 0) is 16.0 Å². The predicted octanol–water partition coefficient (Wildman–Crippen LogP) is 4.87. The van der Waals surface area contributed by atoms with Crippen LogP contribution in [0.15, 0.2) is 48.5 Å². The van der Waals surface area contributed by atoms with Gasteiger partial charge in [-0.2, -0.15) is 0 Å². The number of carbonyl (C=O) groups is 3. The fourth-order valence-corrected chi connectivity index (χ4v) is 3.80. The van der Waals surface area contributed by atoms with E-state index in [1.54, 1.807) is 29.2 Å². The Balaban J connectivity index is 1.51. The zero-order valence-corrected chi connectivity index (χ0v) is 19.0. The summed E-state index contributed by atoms with van der Waals surface area (Å²) in [5.41, 5.74) is 3.15. The SMILES string of the molecule is CCCCc1ccc(NC(=O)c2ccc(NC(=O)[C@H]3CC(=O)N(CCCC)C3)cc2)cc1. The van der Waals surface area contributed by atoms with Crippen molar-refractivity contribution in [1.29, 1.82) is 0 Å². The third kappa shape index (κ3) is 6.42. The number of nitrogens with zero attached hydrogens (tertiary/aromatic N) is 1. The zero-order chi connectivity index (χ0) is 22.9. The third-order valence-corrected chi connectivity index (χ3v) is 5.81. The van der Waals surface area contributed by atoms with E-state index in [9.17, 15) is 14.4 Å². The van der Waals surface area contributed by atoms with E-state index in [0.717, 1.165) is 37.8 Å². The molecule has 1 aliphatic heterocycles. The largest absolute Gasteiger partial charge is 0.342 e. The molecule has 1 aliphatic rings. The molecule has 3 amide bonds. The fraction of sp³-hybridized carbons (Fsp3) is 0.423. The molecule has 2 aromatic carbocycles. The summed E-state index contributed by atoms with van der Waals surface area (Å²) in [6.45, 7) is 5.44. The van der Waals surface area contributed by atoms with Gasteiger partial charge in [-0.1, -0.05) is 38.8 Å². The van der Waals surface area contributed by atoms with E-state index in [0.29, 0.717) is 24.3 Å². The van der Waals surface area contributed by atoms with Crippen molar-refractivity contribution < 1.29 is 14.4 Å². The van der Waals surface area contributed by atoms with Gasteiger partial charge < -0.3 is 15.5 Å². The van der Waals surface area contributed by atoms with Gasteiger partial charge in [0.05, 0.1) is 5.92 Å². The van der Waals surface area contributed by atoms with Crippen LogP contribution in [0.1, 0.15) is 61.9 Å². The molecule has 2 aromatic rings. The van der Waals surface area contributed by atoms with Crippen molar-refractivity contribution in [3.8, 4) is 0 Å². The molecule has 0 aromatic heterocycles. The highest BCUT2D eigenvalue weighted by atomic mass is 16.2. The molecule has 0 bridgehead atoms. The van der Waals surface area contributed by atoms with E-state index >= 15 is 0 Å². The lowest BCUT2D eigenvalue weighted by atomic mass is 10.1. The van der Waals surface area contributed by atoms with Crippen LogP contribution < -0.4 is 10.6 Å². The average molecular weight is 436 g/mol. The van der Waals surface area contributed by atoms with Gasteiger partial charge in [-0.3, -0.25) is 14.4 Å². The number of nitrogens with one attached hydrogen (secondary N) is 2. The summed E-state index contributed by atoms with van der Waals surface area (Å²) >= 11 is 0. The standard InChI is InChI=1S/C26H33N3O3/c1-3-5-7-19-8-12-22(13-9-19)27-25(31)20-10-14-23(15-11-20)28-26(32)21-17-24(30)29(18-21)16-6-4-2/h8-15,21H,3-7,16-18H2,1-2H3,(H,27,31)(H,28,32)/t21-/m0/s1. The monoisotopic (exact) mass is 435 g/mol. The Kier molecular flexibility index (Phi) is 8.42. The minimum absolute atomic E-state index is 0.0454. The summed E-state index contributed by atoms with van der Waals surface area (Å²) in [6.07, 6.45) is 5.59. The van der Waals surface area contributed by atoms with Crippen LogP contribution in [0.4, 0.5) is 11.4 Å². The number of hydrogen-bond donors (Lipinski definition) is 2. The van der Waals surface area contributed by atoms with Crippen LogP contribution in [0.2, 0.25) is 0 Å². The van der Waals surface area contributed by atoms with E-state index in [1.807, 2.05) is 24.3 Å². The molecular weight excluding hydrogens is 402 g/mol. The average Bonchev–Trinajstić information content (AvgIpc) is 3.18. The second-order valence-electron chi connectivity index (χ2n) is 8.42. The summed E-state index contributed by atoms with van der Waals surface area (Å²) in [5.74, 6) is -0.638. The molecule has 32 heavy (non-hydrogen) atoms. The predicted molar refractivity (Wildman–Crippen MR) is 128 cm³/mol. The zero-order valence-electron chi connectivity index (χ0n) is 19.0. The molecule has 6 nitrogen and oxygen atoms in total. The maximum Gasteiger partial charge on any atom is 0.255 e. The normalized spacial score (nSPS) is 15.6. The number of anilines is 2. The van der Waals surface area contributed by atoms with Crippen molar-refractivity contribution in [2.75, 3.05) is 23.7 Å². The highest BCUT2D eigenvalue weighted by Gasteiger charge is 2.33. The van der Waals surface area contributed by atoms with Gasteiger partial charge in [0.15, 0.2) is 0 Å². The molecule has 1 heterocycles. The van der Waals surface area contributed by atoms with E-state index < -0.39 is 0 Å². The second-order valence-corrected chi connectivity index (χ2v) is 8.42. The lowest BCUT2D eigenvalue weighted by molar-refractivity contribution is -0.128. The van der Waals surface area contributed by atoms with Gasteiger partial charge in [0.25, 0.3) is 5.91 Å². The summed E-state index contributed by atoms with van der Waals surface area (Å²) in [5, 5.41) is 5.77. The molecule has 1 saturated heterocycles. The maximum atomic E-state index is 12.6. The van der Waals surface area contributed by atoms with Crippen molar-refractivity contribution in [3.63, 3.8) is 0 Å². The maximum absolute atomic E-state index is 12.6. The van der Waals surface area contributed by atoms with Crippen LogP contribution in [0, 0.1) is 5.92 Å². The van der Waals surface area contributed by atoms with Crippen LogP contribution in [-0.4, -0.2) is 35.7 Å². The van der Waals surface area contributed by atoms with Crippen molar-refractivity contribution in [1.82, 2.24) is 4.90 Å². The molecule has 0 unspecified atom stereocenters. The van der Waals surface area contributed by atoms with E-state index in [2.05, 4.69) is 24.5 Å². The molecule has 1 fully saturated rings. The van der Waals surface area contributed by atoms with Crippen molar-refractivity contribution >= 4 is 29.1 Å². The number of carbonyl (C=O) groups excluding carboxylic acids is 3. The molecule has 0 saturated carbocycles. The minimum atomic E-state index is -0.331. The number of benzene rings is 2. The first-order valence-corrected chi connectivity index (χ1v) is 11.6. The van der Waals surface area contributed by atoms with Crippen molar-refractivity contribution in [2.45, 2.75) is 52.4 Å². The van der Waals surface area contributed by atoms with Gasteiger partial charge in [0.2, 0.25) is 11.8 Å². The molecular formula is C26H33N3O3. The van der Waals surface area contributed by atoms with Gasteiger partial charge in [0, 0.05) is 36.4 Å². The Bertz CT molecular complexity index is 922. The van der Waals surface area contributed by atoms with Gasteiger partial charge in [-0.05, 0) is 61.2 Å². The first-order chi connectivity index (χ1) is 15.5. The Morgan fingerprint density at radius 3 is 2.19 bits per heavy atom. The molecule has 0 spiro atoms. The Morgan fingerprint density at radius 2 is 1.53 bits per heavy atom. The highest BCUT2D eigenvalue weighted by molar-refractivity contribution is 6.04. The first-order valence-electron chi connectivity index (χ1n) is 11.6. The summed E-state index contributed by atoms with van der Waals surface area (Å²) < 4.78 is 0. The van der Waals surface area contributed by atoms with Gasteiger partial charge >= 0.3 is 0 Å². The minimum Gasteiger partial charge on any atom is -0.342 e. The number of likely N-dealkylation sites (tertiary alicyclic amines) is 1. The van der Waals surface area contributed by atoms with Gasteiger partial charge in [-0.15, -0.1) is 0 Å². The lowest BCUT2D eigenvalue weighted by Crippen LogP contribution is -2.29. The van der Waals surface area contributed by atoms with Crippen molar-refractivity contribution in [3.05, 3.63) is 59.7 Å². The Labute approximate surface area is 190 Å². The smallest absolute Gasteiger partial charge is 0.255 e. The highest BCUT2D eigenvalue weighted by Crippen LogP contribution is 2.21. The first kappa shape index (κ1) is 23.5. The summed E-state index contributed by atoms with van der Waals surface area (Å²) in [4.78, 5) is 39.0. The van der Waals surface area contributed by atoms with Gasteiger partial charge in [0.1, 0.15) is 0 Å². The van der Waals surface area contributed by atoms with Crippen molar-refractivity contribution in [2.24, 2.45) is 5.92 Å². The Morgan fingerprint density at radius 1 is 0.906 bits per heavy atom. The van der Waals surface area contributed by atoms with E-state index in [1.165, 1.54) is 5.56 Å². The van der Waals surface area contributed by atoms with E-state index in [4.69, 9.17) is 0 Å². The van der Waals surface area contributed by atoms with E-state index in [-0.39, 0.29) is 30.1 Å². The summed E-state index contributed by atoms with van der Waals surface area (Å²) in [6, 6.07) is 14.7. The molecule has 2 N–H and O–H groups in total. The Hall–Kier alpha value is -3.15. The van der Waals surface area contributed by atoms with Crippen LogP contribution in [0.3, 0.4) is 0 Å². The number of hydrogen-bond acceptors (Lipinski definition) is 3. The number of unbranched alkanes of at least 4 members (excludes halogenated alkanes) is 2. The second kappa shape index (κ2) is 11.5. The summed E-state index contributed by atoms with van der Waals surface area (Å²) in [7, 11) is 0. The van der Waals surface area contributed by atoms with Gasteiger partial charge in [-0.25, -0.2) is 0 Å². The third-order valence-electron chi connectivity index (χ3n) is 5.81. The number of amides is 3. The molecule has 0 radical (unpaired) electrons.